The standard InChI is InChI=1S/C6H4BrClO2S/c7-5-3-4(11(9)10)1-2-6(5)8/h1-3H,(H,9,10). The van der Waals surface area contributed by atoms with Crippen LogP contribution in [0.1, 0.15) is 0 Å². The largest absolute Gasteiger partial charge is 0.302 e. The van der Waals surface area contributed by atoms with Gasteiger partial charge in [0.2, 0.25) is 0 Å². The van der Waals surface area contributed by atoms with E-state index in [1.807, 2.05) is 0 Å². The summed E-state index contributed by atoms with van der Waals surface area (Å²) in [5.74, 6) is 0. The van der Waals surface area contributed by atoms with Gasteiger partial charge < -0.3 is 4.55 Å². The van der Waals surface area contributed by atoms with E-state index in [0.29, 0.717) is 14.4 Å². The van der Waals surface area contributed by atoms with Crippen molar-refractivity contribution in [3.05, 3.63) is 27.7 Å². The molecule has 0 amide bonds. The third kappa shape index (κ3) is 2.27. The van der Waals surface area contributed by atoms with Gasteiger partial charge in [0.25, 0.3) is 0 Å². The van der Waals surface area contributed by atoms with Crippen LogP contribution in [0, 0.1) is 0 Å². The van der Waals surface area contributed by atoms with Crippen molar-refractivity contribution in [2.75, 3.05) is 0 Å². The molecule has 5 heteroatoms. The first-order chi connectivity index (χ1) is 5.11. The van der Waals surface area contributed by atoms with Gasteiger partial charge in [0.1, 0.15) is 0 Å². The topological polar surface area (TPSA) is 37.3 Å². The molecule has 11 heavy (non-hydrogen) atoms. The van der Waals surface area contributed by atoms with Crippen molar-refractivity contribution in [3.63, 3.8) is 0 Å². The van der Waals surface area contributed by atoms with Gasteiger partial charge in [0, 0.05) is 4.47 Å². The SMILES string of the molecule is O=S(O)c1ccc(Cl)c(Br)c1. The van der Waals surface area contributed by atoms with Gasteiger partial charge in [-0.05, 0) is 34.1 Å². The molecular formula is C6H4BrClO2S. The van der Waals surface area contributed by atoms with Crippen molar-refractivity contribution >= 4 is 38.6 Å². The summed E-state index contributed by atoms with van der Waals surface area (Å²) < 4.78 is 19.8. The highest BCUT2D eigenvalue weighted by atomic mass is 79.9. The molecule has 0 spiro atoms. The van der Waals surface area contributed by atoms with Crippen molar-refractivity contribution in [1.29, 1.82) is 0 Å². The molecule has 0 saturated carbocycles. The summed E-state index contributed by atoms with van der Waals surface area (Å²) in [5, 5.41) is 0.527. The zero-order chi connectivity index (χ0) is 8.43. The molecule has 1 rings (SSSR count). The summed E-state index contributed by atoms with van der Waals surface area (Å²) in [7, 11) is 0. The molecule has 0 saturated heterocycles. The molecule has 0 bridgehead atoms. The Bertz CT molecular complexity index is 303. The van der Waals surface area contributed by atoms with E-state index in [1.54, 1.807) is 6.07 Å². The lowest BCUT2D eigenvalue weighted by molar-refractivity contribution is 0.564. The number of hydrogen-bond donors (Lipinski definition) is 1. The molecule has 0 aliphatic heterocycles. The minimum Gasteiger partial charge on any atom is -0.302 e. The van der Waals surface area contributed by atoms with E-state index in [1.165, 1.54) is 12.1 Å². The molecule has 0 radical (unpaired) electrons. The van der Waals surface area contributed by atoms with Gasteiger partial charge in [-0.15, -0.1) is 0 Å². The van der Waals surface area contributed by atoms with E-state index in [0.717, 1.165) is 0 Å². The number of rotatable bonds is 1. The van der Waals surface area contributed by atoms with Crippen LogP contribution in [0.4, 0.5) is 0 Å². The Morgan fingerprint density at radius 2 is 2.18 bits per heavy atom. The van der Waals surface area contributed by atoms with Crippen molar-refractivity contribution in [2.45, 2.75) is 4.90 Å². The lowest BCUT2D eigenvalue weighted by Crippen LogP contribution is -1.87. The number of benzene rings is 1. The van der Waals surface area contributed by atoms with Crippen LogP contribution in [-0.2, 0) is 11.1 Å². The highest BCUT2D eigenvalue weighted by Gasteiger charge is 2.02. The van der Waals surface area contributed by atoms with Gasteiger partial charge in [-0.1, -0.05) is 11.6 Å². The molecule has 0 fully saturated rings. The lowest BCUT2D eigenvalue weighted by Gasteiger charge is -1.97. The normalized spacial score (nSPS) is 13.0. The van der Waals surface area contributed by atoms with Gasteiger partial charge in [0.15, 0.2) is 11.1 Å². The van der Waals surface area contributed by atoms with Crippen molar-refractivity contribution in [2.24, 2.45) is 0 Å². The van der Waals surface area contributed by atoms with Gasteiger partial charge in [-0.3, -0.25) is 0 Å². The molecule has 1 aromatic rings. The maximum atomic E-state index is 10.5. The van der Waals surface area contributed by atoms with Crippen LogP contribution in [0.3, 0.4) is 0 Å². The average molecular weight is 256 g/mol. The van der Waals surface area contributed by atoms with E-state index < -0.39 is 11.1 Å². The minimum absolute atomic E-state index is 0.335. The van der Waals surface area contributed by atoms with Crippen molar-refractivity contribution in [3.8, 4) is 0 Å². The number of hydrogen-bond acceptors (Lipinski definition) is 1. The molecule has 2 nitrogen and oxygen atoms in total. The first-order valence-electron chi connectivity index (χ1n) is 2.67. The highest BCUT2D eigenvalue weighted by Crippen LogP contribution is 2.24. The van der Waals surface area contributed by atoms with Crippen LogP contribution in [0.2, 0.25) is 5.02 Å². The summed E-state index contributed by atoms with van der Waals surface area (Å²) in [6.07, 6.45) is 0. The summed E-state index contributed by atoms with van der Waals surface area (Å²) >= 11 is 6.86. The summed E-state index contributed by atoms with van der Waals surface area (Å²) in [4.78, 5) is 0.335. The Kier molecular flexibility index (Phi) is 3.06. The van der Waals surface area contributed by atoms with Crippen molar-refractivity contribution < 1.29 is 8.76 Å². The first-order valence-corrected chi connectivity index (χ1v) is 4.95. The fraction of sp³-hybridized carbons (Fsp3) is 0. The second-order valence-electron chi connectivity index (χ2n) is 1.83. The second-order valence-corrected chi connectivity index (χ2v) is 4.06. The van der Waals surface area contributed by atoms with E-state index in [9.17, 15) is 4.21 Å². The predicted molar refractivity (Wildman–Crippen MR) is 48.2 cm³/mol. The number of halogens is 2. The quantitative estimate of drug-likeness (QED) is 0.784. The predicted octanol–water partition coefficient (Wildman–Crippen LogP) is 2.68. The lowest BCUT2D eigenvalue weighted by atomic mass is 10.4. The summed E-state index contributed by atoms with van der Waals surface area (Å²) in [5.41, 5.74) is 0. The van der Waals surface area contributed by atoms with Crippen LogP contribution in [0.25, 0.3) is 0 Å². The highest BCUT2D eigenvalue weighted by molar-refractivity contribution is 9.10. The van der Waals surface area contributed by atoms with Crippen LogP contribution < -0.4 is 0 Å². The van der Waals surface area contributed by atoms with Gasteiger partial charge >= 0.3 is 0 Å². The fourth-order valence-corrected chi connectivity index (χ4v) is 1.64. The Balaban J connectivity index is 3.15. The van der Waals surface area contributed by atoms with Gasteiger partial charge in [-0.2, -0.15) is 0 Å². The Morgan fingerprint density at radius 1 is 1.55 bits per heavy atom. The Morgan fingerprint density at radius 3 is 2.64 bits per heavy atom. The zero-order valence-electron chi connectivity index (χ0n) is 5.25. The molecule has 60 valence electrons. The molecule has 0 heterocycles. The maximum Gasteiger partial charge on any atom is 0.186 e. The van der Waals surface area contributed by atoms with Gasteiger partial charge in [0.05, 0.1) is 9.92 Å². The zero-order valence-corrected chi connectivity index (χ0v) is 8.41. The average Bonchev–Trinajstić information content (AvgIpc) is 1.94. The molecule has 1 atom stereocenters. The van der Waals surface area contributed by atoms with Gasteiger partial charge in [-0.25, -0.2) is 4.21 Å². The third-order valence-electron chi connectivity index (χ3n) is 1.09. The second kappa shape index (κ2) is 3.67. The van der Waals surface area contributed by atoms with E-state index >= 15 is 0 Å². The molecule has 0 aromatic heterocycles. The van der Waals surface area contributed by atoms with E-state index in [-0.39, 0.29) is 0 Å². The monoisotopic (exact) mass is 254 g/mol. The third-order valence-corrected chi connectivity index (χ3v) is 2.96. The molecule has 1 unspecified atom stereocenters. The molecule has 1 aromatic carbocycles. The Labute approximate surface area is 80.0 Å². The van der Waals surface area contributed by atoms with Crippen LogP contribution >= 0.6 is 27.5 Å². The van der Waals surface area contributed by atoms with Crippen LogP contribution in [0.15, 0.2) is 27.6 Å². The summed E-state index contributed by atoms with van der Waals surface area (Å²) in [6, 6.07) is 4.58. The molecule has 1 N–H and O–H groups in total. The van der Waals surface area contributed by atoms with Crippen molar-refractivity contribution in [1.82, 2.24) is 0 Å². The molecule has 0 aliphatic rings. The van der Waals surface area contributed by atoms with E-state index in [2.05, 4.69) is 15.9 Å². The molecular weight excluding hydrogens is 251 g/mol. The summed E-state index contributed by atoms with van der Waals surface area (Å²) in [6.45, 7) is 0. The maximum absolute atomic E-state index is 10.5. The minimum atomic E-state index is -1.94. The van der Waals surface area contributed by atoms with Crippen LogP contribution in [-0.4, -0.2) is 8.76 Å². The van der Waals surface area contributed by atoms with E-state index in [4.69, 9.17) is 16.2 Å². The molecule has 0 aliphatic carbocycles. The first kappa shape index (κ1) is 9.19. The fourth-order valence-electron chi connectivity index (χ4n) is 0.585. The smallest absolute Gasteiger partial charge is 0.186 e. The Hall–Kier alpha value is 0.1000. The van der Waals surface area contributed by atoms with Crippen LogP contribution in [0.5, 0.6) is 0 Å².